The van der Waals surface area contributed by atoms with E-state index in [0.29, 0.717) is 17.0 Å². The summed E-state index contributed by atoms with van der Waals surface area (Å²) in [6.45, 7) is 4.15. The fourth-order valence-corrected chi connectivity index (χ4v) is 2.12. The topological polar surface area (TPSA) is 59.4 Å². The minimum Gasteiger partial charge on any atom is -0.336 e. The molecule has 0 saturated carbocycles. The van der Waals surface area contributed by atoms with Gasteiger partial charge < -0.3 is 4.98 Å². The zero-order valence-corrected chi connectivity index (χ0v) is 11.0. The quantitative estimate of drug-likeness (QED) is 0.769. The third-order valence-electron chi connectivity index (χ3n) is 2.96. The predicted octanol–water partition coefficient (Wildman–Crippen LogP) is 2.62. The van der Waals surface area contributed by atoms with Gasteiger partial charge in [-0.25, -0.2) is 14.4 Å². The van der Waals surface area contributed by atoms with Crippen LogP contribution in [-0.2, 0) is 7.05 Å². The lowest BCUT2D eigenvalue weighted by Crippen LogP contribution is -1.94. The van der Waals surface area contributed by atoms with E-state index < -0.39 is 0 Å². The number of hydrogen-bond donors (Lipinski definition) is 1. The molecule has 98 valence electrons. The third-order valence-corrected chi connectivity index (χ3v) is 2.96. The highest BCUT2D eigenvalue weighted by atomic mass is 19.1. The molecule has 3 aromatic rings. The normalized spacial score (nSPS) is 11.6. The SMILES string of the molecule is CC(C)c1nn(C)cc1-c1nc2ncc(F)cc2[nH]1. The molecule has 1 N–H and O–H groups in total. The number of nitrogens with zero attached hydrogens (tertiary/aromatic N) is 4. The molecule has 0 aliphatic rings. The summed E-state index contributed by atoms with van der Waals surface area (Å²) in [5.41, 5.74) is 2.99. The number of nitrogens with one attached hydrogen (secondary N) is 1. The smallest absolute Gasteiger partial charge is 0.178 e. The van der Waals surface area contributed by atoms with Gasteiger partial charge in [0.25, 0.3) is 0 Å². The van der Waals surface area contributed by atoms with E-state index in [-0.39, 0.29) is 11.7 Å². The minimum absolute atomic E-state index is 0.286. The molecular formula is C13H14FN5. The van der Waals surface area contributed by atoms with Gasteiger partial charge >= 0.3 is 0 Å². The van der Waals surface area contributed by atoms with Crippen LogP contribution >= 0.6 is 0 Å². The van der Waals surface area contributed by atoms with Gasteiger partial charge in [-0.05, 0) is 5.92 Å². The van der Waals surface area contributed by atoms with Crippen LogP contribution in [-0.4, -0.2) is 24.7 Å². The molecule has 0 fully saturated rings. The van der Waals surface area contributed by atoms with Crippen LogP contribution in [0.1, 0.15) is 25.5 Å². The molecule has 3 heterocycles. The van der Waals surface area contributed by atoms with Crippen molar-refractivity contribution < 1.29 is 4.39 Å². The van der Waals surface area contributed by atoms with Crippen molar-refractivity contribution in [1.29, 1.82) is 0 Å². The van der Waals surface area contributed by atoms with Crippen LogP contribution in [0, 0.1) is 5.82 Å². The number of fused-ring (bicyclic) bond motifs is 1. The van der Waals surface area contributed by atoms with E-state index in [2.05, 4.69) is 33.9 Å². The molecule has 0 amide bonds. The Kier molecular flexibility index (Phi) is 2.58. The van der Waals surface area contributed by atoms with Gasteiger partial charge in [-0.1, -0.05) is 13.8 Å². The molecule has 0 spiro atoms. The van der Waals surface area contributed by atoms with Gasteiger partial charge in [-0.2, -0.15) is 5.10 Å². The van der Waals surface area contributed by atoms with E-state index in [9.17, 15) is 4.39 Å². The first-order chi connectivity index (χ1) is 9.04. The fraction of sp³-hybridized carbons (Fsp3) is 0.308. The van der Waals surface area contributed by atoms with Gasteiger partial charge in [0, 0.05) is 19.3 Å². The standard InChI is InChI=1S/C13H14FN5/c1-7(2)11-9(6-19(3)18-11)12-16-10-4-8(14)5-15-13(10)17-12/h4-7H,1-3H3,(H,15,16,17). The molecule has 3 rings (SSSR count). The number of imidazole rings is 1. The zero-order valence-electron chi connectivity index (χ0n) is 11.0. The van der Waals surface area contributed by atoms with Crippen LogP contribution in [0.5, 0.6) is 0 Å². The summed E-state index contributed by atoms with van der Waals surface area (Å²) >= 11 is 0. The van der Waals surface area contributed by atoms with Gasteiger partial charge in [-0.15, -0.1) is 0 Å². The summed E-state index contributed by atoms with van der Waals surface area (Å²) in [6, 6.07) is 1.39. The Morgan fingerprint density at radius 1 is 1.37 bits per heavy atom. The maximum atomic E-state index is 13.1. The number of pyridine rings is 1. The van der Waals surface area contributed by atoms with Crippen LogP contribution in [0.3, 0.4) is 0 Å². The number of aromatic amines is 1. The lowest BCUT2D eigenvalue weighted by Gasteiger charge is -2.01. The number of halogens is 1. The Hall–Kier alpha value is -2.24. The summed E-state index contributed by atoms with van der Waals surface area (Å²) in [7, 11) is 1.87. The van der Waals surface area contributed by atoms with Crippen molar-refractivity contribution in [3.63, 3.8) is 0 Å². The highest BCUT2D eigenvalue weighted by Crippen LogP contribution is 2.27. The van der Waals surface area contributed by atoms with Crippen molar-refractivity contribution in [3.05, 3.63) is 30.0 Å². The lowest BCUT2D eigenvalue weighted by atomic mass is 10.1. The Morgan fingerprint density at radius 3 is 2.89 bits per heavy atom. The predicted molar refractivity (Wildman–Crippen MR) is 70.1 cm³/mol. The Bertz CT molecular complexity index is 741. The summed E-state index contributed by atoms with van der Waals surface area (Å²) < 4.78 is 14.9. The van der Waals surface area contributed by atoms with Crippen LogP contribution in [0.25, 0.3) is 22.6 Å². The summed E-state index contributed by atoms with van der Waals surface area (Å²) in [6.07, 6.45) is 3.07. The highest BCUT2D eigenvalue weighted by molar-refractivity contribution is 5.76. The number of aromatic nitrogens is 5. The largest absolute Gasteiger partial charge is 0.336 e. The van der Waals surface area contributed by atoms with Crippen molar-refractivity contribution >= 4 is 11.2 Å². The second kappa shape index (κ2) is 4.15. The first kappa shape index (κ1) is 11.8. The van der Waals surface area contributed by atoms with Crippen molar-refractivity contribution in [1.82, 2.24) is 24.7 Å². The second-order valence-electron chi connectivity index (χ2n) is 4.87. The molecule has 0 aliphatic carbocycles. The van der Waals surface area contributed by atoms with Crippen LogP contribution in [0.4, 0.5) is 4.39 Å². The van der Waals surface area contributed by atoms with Gasteiger partial charge in [0.2, 0.25) is 0 Å². The fourth-order valence-electron chi connectivity index (χ4n) is 2.12. The van der Waals surface area contributed by atoms with Crippen LogP contribution in [0.15, 0.2) is 18.5 Å². The lowest BCUT2D eigenvalue weighted by molar-refractivity contribution is 0.624. The molecule has 3 aromatic heterocycles. The molecule has 5 nitrogen and oxygen atoms in total. The molecule has 19 heavy (non-hydrogen) atoms. The van der Waals surface area contributed by atoms with Crippen molar-refractivity contribution in [2.75, 3.05) is 0 Å². The molecule has 0 unspecified atom stereocenters. The average Bonchev–Trinajstić information content (AvgIpc) is 2.91. The van der Waals surface area contributed by atoms with E-state index >= 15 is 0 Å². The number of rotatable bonds is 2. The molecule has 0 radical (unpaired) electrons. The van der Waals surface area contributed by atoms with Gasteiger partial charge in [-0.3, -0.25) is 4.68 Å². The molecule has 0 atom stereocenters. The van der Waals surface area contributed by atoms with Crippen molar-refractivity contribution in [2.45, 2.75) is 19.8 Å². The third kappa shape index (κ3) is 1.99. The van der Waals surface area contributed by atoms with Crippen LogP contribution in [0.2, 0.25) is 0 Å². The van der Waals surface area contributed by atoms with Gasteiger partial charge in [0.15, 0.2) is 5.65 Å². The number of H-pyrrole nitrogens is 1. The summed E-state index contributed by atoms with van der Waals surface area (Å²) in [5.74, 6) is 0.581. The molecule has 0 aromatic carbocycles. The van der Waals surface area contributed by atoms with Gasteiger partial charge in [0.1, 0.15) is 11.6 Å². The first-order valence-electron chi connectivity index (χ1n) is 6.10. The van der Waals surface area contributed by atoms with Crippen molar-refractivity contribution in [3.8, 4) is 11.4 Å². The Labute approximate surface area is 109 Å². The second-order valence-corrected chi connectivity index (χ2v) is 4.87. The molecule has 0 bridgehead atoms. The monoisotopic (exact) mass is 259 g/mol. The summed E-state index contributed by atoms with van der Waals surface area (Å²) in [4.78, 5) is 11.5. The Balaban J connectivity index is 2.18. The van der Waals surface area contributed by atoms with E-state index in [1.807, 2.05) is 13.2 Å². The first-order valence-corrected chi connectivity index (χ1v) is 6.10. The minimum atomic E-state index is -0.377. The van der Waals surface area contributed by atoms with Crippen molar-refractivity contribution in [2.24, 2.45) is 7.05 Å². The average molecular weight is 259 g/mol. The van der Waals surface area contributed by atoms with E-state index in [1.54, 1.807) is 4.68 Å². The van der Waals surface area contributed by atoms with Gasteiger partial charge in [0.05, 0.1) is 23.0 Å². The van der Waals surface area contributed by atoms with E-state index in [0.717, 1.165) is 11.3 Å². The Morgan fingerprint density at radius 2 is 2.16 bits per heavy atom. The molecule has 6 heteroatoms. The highest BCUT2D eigenvalue weighted by Gasteiger charge is 2.16. The maximum Gasteiger partial charge on any atom is 0.178 e. The summed E-state index contributed by atoms with van der Waals surface area (Å²) in [5, 5.41) is 4.44. The van der Waals surface area contributed by atoms with E-state index in [1.165, 1.54) is 12.3 Å². The van der Waals surface area contributed by atoms with E-state index in [4.69, 9.17) is 0 Å². The number of aryl methyl sites for hydroxylation is 1. The molecule has 0 saturated heterocycles. The maximum absolute atomic E-state index is 13.1. The molecule has 0 aliphatic heterocycles. The molecular weight excluding hydrogens is 245 g/mol. The zero-order chi connectivity index (χ0) is 13.6. The number of hydrogen-bond acceptors (Lipinski definition) is 3. The van der Waals surface area contributed by atoms with Crippen LogP contribution < -0.4 is 0 Å².